The van der Waals surface area contributed by atoms with Crippen molar-refractivity contribution in [1.29, 1.82) is 0 Å². The average molecular weight is 1220 g/mol. The summed E-state index contributed by atoms with van der Waals surface area (Å²) in [6.07, 6.45) is 2.11. The van der Waals surface area contributed by atoms with E-state index in [9.17, 15) is 48.3 Å². The summed E-state index contributed by atoms with van der Waals surface area (Å²) in [5, 5.41) is 22.8. The highest BCUT2D eigenvalue weighted by Gasteiger charge is 2.46. The lowest BCUT2D eigenvalue weighted by molar-refractivity contribution is -0.157. The number of hydrogen-bond acceptors (Lipinski definition) is 12. The Kier molecular flexibility index (Phi) is 31.1. The lowest BCUT2D eigenvalue weighted by Gasteiger charge is -2.41. The van der Waals surface area contributed by atoms with E-state index in [1.807, 2.05) is 41.5 Å². The molecule has 0 unspecified atom stereocenters. The Morgan fingerprint density at radius 2 is 0.965 bits per heavy atom. The average Bonchev–Trinajstić information content (AvgIpc) is 3.54. The molecule has 0 saturated carbocycles. The van der Waals surface area contributed by atoms with Crippen molar-refractivity contribution in [2.45, 2.75) is 228 Å². The molecule has 23 nitrogen and oxygen atoms in total. The number of hydrogen-bond donors (Lipinski definition) is 5. The third-order valence-corrected chi connectivity index (χ3v) is 16.1. The summed E-state index contributed by atoms with van der Waals surface area (Å²) < 4.78 is 15.7. The van der Waals surface area contributed by atoms with Crippen LogP contribution in [-0.2, 0) is 52.7 Å². The van der Waals surface area contributed by atoms with Crippen molar-refractivity contribution in [3.05, 3.63) is 12.2 Å². The molecule has 0 aliphatic carbocycles. The summed E-state index contributed by atoms with van der Waals surface area (Å²) in [6, 6.07) is -13.2. The Bertz CT molecular complexity index is 2380. The van der Waals surface area contributed by atoms with Gasteiger partial charge in [0.25, 0.3) is 0 Å². The fraction of sp³-hybridized carbons (Fsp3) is 0.790. The first-order valence-corrected chi connectivity index (χ1v) is 30.5. The molecule has 492 valence electrons. The number of alkyl halides is 1. The Morgan fingerprint density at radius 1 is 0.523 bits per heavy atom. The SMILES string of the molecule is C/C=C/C[C@@H](C)[C@@H](O)[C@H]1C(=O)N[C@@H](CC)C(=O)N(C)CC(=O)N(C)[C@@H](CC(C)(C)F)C(=O)N[C@@H](C(C)C)C(=O)N(C)[C@@H](CC(C)C)C(=O)N[C@@H](C)C(=O)N[C@H](C)C(=O)N(C)[C@@H](CC(C)C)C(=O)N(C)[C@@H](CC(C)C)C(=O)N(C)[C@@H](C(C)C)C(=O)N1C. The van der Waals surface area contributed by atoms with E-state index in [1.165, 1.54) is 91.7 Å². The van der Waals surface area contributed by atoms with Crippen LogP contribution >= 0.6 is 0 Å². The summed E-state index contributed by atoms with van der Waals surface area (Å²) in [6.45, 7) is 27.5. The molecule has 0 bridgehead atoms. The Hall–Kier alpha value is -6.20. The van der Waals surface area contributed by atoms with E-state index in [-0.39, 0.29) is 49.9 Å². The van der Waals surface area contributed by atoms with Crippen molar-refractivity contribution < 1.29 is 62.2 Å². The first-order valence-electron chi connectivity index (χ1n) is 30.5. The molecule has 0 radical (unpaired) electrons. The van der Waals surface area contributed by atoms with Crippen LogP contribution in [0.3, 0.4) is 0 Å². The van der Waals surface area contributed by atoms with Crippen LogP contribution in [0.15, 0.2) is 12.2 Å². The zero-order valence-corrected chi connectivity index (χ0v) is 56.4. The number of aliphatic hydroxyl groups excluding tert-OH is 1. The van der Waals surface area contributed by atoms with E-state index in [0.29, 0.717) is 0 Å². The molecule has 1 rings (SSSR count). The van der Waals surface area contributed by atoms with Crippen LogP contribution in [0.1, 0.15) is 156 Å². The maximum Gasteiger partial charge on any atom is 0.246 e. The molecule has 1 fully saturated rings. The number of allylic oxidation sites excluding steroid dienone is 2. The van der Waals surface area contributed by atoms with E-state index >= 15 is 14.0 Å². The molecule has 12 atom stereocenters. The van der Waals surface area contributed by atoms with E-state index in [4.69, 9.17) is 0 Å². The first kappa shape index (κ1) is 77.8. The molecule has 5 N–H and O–H groups in total. The van der Waals surface area contributed by atoms with Gasteiger partial charge in [0, 0.05) is 55.8 Å². The standard InChI is InChI=1S/C62H110FN11O12/c1-25-27-28-39(13)51(76)50-55(80)66-42(26-2)57(82)68(18)33-47(75)69(19)46(32-62(16,17)63)54(79)67-48(37(9)10)60(85)70(20)43(29-34(3)4)53(78)64-40(14)52(77)65-41(15)56(81)71(21)44(30-35(5)6)58(83)72(22)45(31-36(7)8)59(84)73(23)49(38(11)12)61(86)74(50)24/h25,27,34-46,48-51,76H,26,28-33H2,1-24H3,(H,64,78)(H,65,77)(H,66,80)(H,67,79)/b27-25+/t39-,40+,41-,42+,43+,44+,45+,46+,48+,49+,50+,51-/m1/s1. The topological polar surface area (TPSA) is 279 Å². The molecule has 0 spiro atoms. The van der Waals surface area contributed by atoms with Gasteiger partial charge in [-0.1, -0.05) is 95.2 Å². The second-order valence-corrected chi connectivity index (χ2v) is 26.4. The quantitative estimate of drug-likeness (QED) is 0.148. The van der Waals surface area contributed by atoms with Gasteiger partial charge >= 0.3 is 0 Å². The number of aliphatic hydroxyl groups is 1. The maximum absolute atomic E-state index is 15.7. The van der Waals surface area contributed by atoms with Gasteiger partial charge in [-0.3, -0.25) is 52.7 Å². The fourth-order valence-corrected chi connectivity index (χ4v) is 10.7. The van der Waals surface area contributed by atoms with Crippen molar-refractivity contribution in [3.63, 3.8) is 0 Å². The predicted octanol–water partition coefficient (Wildman–Crippen LogP) is 3.36. The molecular weight excluding hydrogens is 1110 g/mol. The van der Waals surface area contributed by atoms with Gasteiger partial charge in [0.1, 0.15) is 66.1 Å². The number of rotatable bonds is 15. The van der Waals surface area contributed by atoms with Crippen molar-refractivity contribution in [2.24, 2.45) is 35.5 Å². The molecule has 1 aliphatic heterocycles. The minimum absolute atomic E-state index is 0.0300. The van der Waals surface area contributed by atoms with Gasteiger partial charge in [0.15, 0.2) is 0 Å². The van der Waals surface area contributed by atoms with Gasteiger partial charge in [-0.25, -0.2) is 4.39 Å². The summed E-state index contributed by atoms with van der Waals surface area (Å²) in [5.41, 5.74) is -2.05. The van der Waals surface area contributed by atoms with Crippen LogP contribution in [0.2, 0.25) is 0 Å². The number of halogens is 1. The van der Waals surface area contributed by atoms with E-state index < -0.39 is 168 Å². The third kappa shape index (κ3) is 21.9. The highest BCUT2D eigenvalue weighted by atomic mass is 19.1. The van der Waals surface area contributed by atoms with Gasteiger partial charge in [-0.2, -0.15) is 0 Å². The van der Waals surface area contributed by atoms with Gasteiger partial charge in [-0.15, -0.1) is 0 Å². The molecule has 1 aliphatic rings. The minimum atomic E-state index is -2.05. The van der Waals surface area contributed by atoms with Crippen LogP contribution in [0.5, 0.6) is 0 Å². The second kappa shape index (κ2) is 34.4. The monoisotopic (exact) mass is 1220 g/mol. The van der Waals surface area contributed by atoms with E-state index in [2.05, 4.69) is 21.3 Å². The molecule has 0 aromatic carbocycles. The summed E-state index contributed by atoms with van der Waals surface area (Å²) in [5.74, 6) is -10.6. The van der Waals surface area contributed by atoms with Crippen molar-refractivity contribution in [3.8, 4) is 0 Å². The number of nitrogens with zero attached hydrogens (tertiary/aromatic N) is 7. The van der Waals surface area contributed by atoms with Crippen LogP contribution in [-0.4, -0.2) is 232 Å². The van der Waals surface area contributed by atoms with Gasteiger partial charge in [-0.05, 0) is 102 Å². The summed E-state index contributed by atoms with van der Waals surface area (Å²) in [7, 11) is 9.55. The maximum atomic E-state index is 15.7. The summed E-state index contributed by atoms with van der Waals surface area (Å²) in [4.78, 5) is 168. The first-order chi connectivity index (χ1) is 39.5. The van der Waals surface area contributed by atoms with Crippen LogP contribution < -0.4 is 21.3 Å². The van der Waals surface area contributed by atoms with Crippen molar-refractivity contribution in [2.75, 3.05) is 55.9 Å². The summed E-state index contributed by atoms with van der Waals surface area (Å²) >= 11 is 0. The highest BCUT2D eigenvalue weighted by molar-refractivity contribution is 5.99. The molecule has 0 aromatic heterocycles. The Labute approximate surface area is 513 Å². The number of amides is 11. The van der Waals surface area contributed by atoms with Gasteiger partial charge in [0.2, 0.25) is 65.0 Å². The van der Waals surface area contributed by atoms with Crippen LogP contribution in [0.25, 0.3) is 0 Å². The van der Waals surface area contributed by atoms with Gasteiger partial charge < -0.3 is 60.7 Å². The Balaban J connectivity index is 4.35. The lowest BCUT2D eigenvalue weighted by Crippen LogP contribution is -2.63. The number of carbonyl (C=O) groups excluding carboxylic acids is 11. The largest absolute Gasteiger partial charge is 0.390 e. The zero-order valence-electron chi connectivity index (χ0n) is 56.4. The number of likely N-dealkylation sites (N-methyl/N-ethyl adjacent to an activating group) is 7. The molecule has 11 amide bonds. The molecule has 0 aromatic rings. The number of carbonyl (C=O) groups is 11. The third-order valence-electron chi connectivity index (χ3n) is 16.1. The van der Waals surface area contributed by atoms with E-state index in [1.54, 1.807) is 60.6 Å². The normalized spacial score (nSPS) is 26.9. The second-order valence-electron chi connectivity index (χ2n) is 26.4. The molecule has 1 saturated heterocycles. The van der Waals surface area contributed by atoms with Crippen LogP contribution in [0.4, 0.5) is 4.39 Å². The van der Waals surface area contributed by atoms with E-state index in [0.717, 1.165) is 19.6 Å². The fourth-order valence-electron chi connectivity index (χ4n) is 10.7. The minimum Gasteiger partial charge on any atom is -0.390 e. The van der Waals surface area contributed by atoms with Crippen LogP contribution in [0, 0.1) is 35.5 Å². The zero-order chi connectivity index (χ0) is 66.9. The smallest absolute Gasteiger partial charge is 0.246 e. The number of nitrogens with one attached hydrogen (secondary N) is 4. The lowest BCUT2D eigenvalue weighted by atomic mass is 9.91. The molecule has 24 heteroatoms. The predicted molar refractivity (Wildman–Crippen MR) is 329 cm³/mol. The molecule has 1 heterocycles. The molecular formula is C62H110FN11O12. The highest BCUT2D eigenvalue weighted by Crippen LogP contribution is 2.26. The van der Waals surface area contributed by atoms with Crippen molar-refractivity contribution in [1.82, 2.24) is 55.6 Å². The Morgan fingerprint density at radius 3 is 1.42 bits per heavy atom. The van der Waals surface area contributed by atoms with Crippen molar-refractivity contribution >= 4 is 65.0 Å². The van der Waals surface area contributed by atoms with Gasteiger partial charge in [0.05, 0.1) is 12.6 Å². The molecule has 86 heavy (non-hydrogen) atoms.